The molecule has 1 unspecified atom stereocenters. The van der Waals surface area contributed by atoms with Crippen molar-refractivity contribution in [2.45, 2.75) is 32.7 Å². The van der Waals surface area contributed by atoms with E-state index in [4.69, 9.17) is 16.3 Å². The lowest BCUT2D eigenvalue weighted by Gasteiger charge is -2.28. The van der Waals surface area contributed by atoms with Gasteiger partial charge in [-0.05, 0) is 37.1 Å². The van der Waals surface area contributed by atoms with Crippen LogP contribution >= 0.6 is 11.6 Å². The number of nitrogens with zero attached hydrogens (tertiary/aromatic N) is 1. The number of aliphatic hydroxyl groups excluding tert-OH is 1. The van der Waals surface area contributed by atoms with E-state index in [1.54, 1.807) is 37.3 Å². The van der Waals surface area contributed by atoms with Gasteiger partial charge in [-0.3, -0.25) is 9.59 Å². The predicted octanol–water partition coefficient (Wildman–Crippen LogP) is 2.91. The molecular weight excluding hydrogens is 330 g/mol. The third kappa shape index (κ3) is 6.72. The van der Waals surface area contributed by atoms with Crippen molar-refractivity contribution in [3.8, 4) is 0 Å². The SMILES string of the molecule is CCOC(=O)CCN(C(=O)/C=C/c1ccc(Cl)cc1)C(CC)CO. The molecule has 0 heterocycles. The van der Waals surface area contributed by atoms with Crippen LogP contribution in [0.1, 0.15) is 32.3 Å². The molecule has 1 N–H and O–H groups in total. The summed E-state index contributed by atoms with van der Waals surface area (Å²) in [7, 11) is 0. The van der Waals surface area contributed by atoms with Gasteiger partial charge in [-0.2, -0.15) is 0 Å². The lowest BCUT2D eigenvalue weighted by atomic mass is 10.1. The van der Waals surface area contributed by atoms with E-state index < -0.39 is 0 Å². The minimum atomic E-state index is -0.357. The zero-order chi connectivity index (χ0) is 17.9. The summed E-state index contributed by atoms with van der Waals surface area (Å²) < 4.78 is 4.89. The Labute approximate surface area is 147 Å². The van der Waals surface area contributed by atoms with Crippen molar-refractivity contribution in [3.05, 3.63) is 40.9 Å². The van der Waals surface area contributed by atoms with Crippen LogP contribution in [0, 0.1) is 0 Å². The molecule has 1 atom stereocenters. The summed E-state index contributed by atoms with van der Waals surface area (Å²) in [6.45, 7) is 3.98. The third-order valence-corrected chi connectivity index (χ3v) is 3.81. The number of hydrogen-bond donors (Lipinski definition) is 1. The van der Waals surface area contributed by atoms with Crippen LogP contribution in [-0.4, -0.2) is 47.7 Å². The number of halogens is 1. The van der Waals surface area contributed by atoms with Gasteiger partial charge in [0.05, 0.1) is 25.7 Å². The van der Waals surface area contributed by atoms with E-state index in [0.717, 1.165) is 5.56 Å². The monoisotopic (exact) mass is 353 g/mol. The van der Waals surface area contributed by atoms with Gasteiger partial charge in [0.2, 0.25) is 5.91 Å². The molecule has 1 aromatic rings. The molecule has 6 heteroatoms. The number of hydrogen-bond acceptors (Lipinski definition) is 4. The van der Waals surface area contributed by atoms with Crippen LogP contribution in [0.3, 0.4) is 0 Å². The molecule has 24 heavy (non-hydrogen) atoms. The van der Waals surface area contributed by atoms with Crippen molar-refractivity contribution >= 4 is 29.6 Å². The maximum Gasteiger partial charge on any atom is 0.307 e. The van der Waals surface area contributed by atoms with Crippen LogP contribution in [0.15, 0.2) is 30.3 Å². The summed E-state index contributed by atoms with van der Waals surface area (Å²) >= 11 is 5.83. The van der Waals surface area contributed by atoms with Crippen molar-refractivity contribution in [1.82, 2.24) is 4.90 Å². The third-order valence-electron chi connectivity index (χ3n) is 3.56. The zero-order valence-corrected chi connectivity index (χ0v) is 14.8. The fraction of sp³-hybridized carbons (Fsp3) is 0.444. The van der Waals surface area contributed by atoms with Crippen molar-refractivity contribution in [2.75, 3.05) is 19.8 Å². The molecule has 0 aliphatic carbocycles. The zero-order valence-electron chi connectivity index (χ0n) is 14.1. The summed E-state index contributed by atoms with van der Waals surface area (Å²) in [6.07, 6.45) is 3.82. The number of ether oxygens (including phenoxy) is 1. The molecule has 0 aliphatic heterocycles. The second-order valence-electron chi connectivity index (χ2n) is 5.22. The molecule has 0 spiro atoms. The van der Waals surface area contributed by atoms with Crippen LogP contribution < -0.4 is 0 Å². The number of benzene rings is 1. The van der Waals surface area contributed by atoms with Crippen LogP contribution in [0.4, 0.5) is 0 Å². The molecule has 0 fully saturated rings. The van der Waals surface area contributed by atoms with Gasteiger partial charge in [0.15, 0.2) is 0 Å². The predicted molar refractivity (Wildman–Crippen MR) is 94.6 cm³/mol. The van der Waals surface area contributed by atoms with E-state index in [-0.39, 0.29) is 37.5 Å². The number of rotatable bonds is 9. The van der Waals surface area contributed by atoms with Crippen LogP contribution in [-0.2, 0) is 14.3 Å². The number of aliphatic hydroxyl groups is 1. The van der Waals surface area contributed by atoms with E-state index >= 15 is 0 Å². The lowest BCUT2D eigenvalue weighted by Crippen LogP contribution is -2.42. The number of esters is 1. The molecular formula is C18H24ClNO4. The average molecular weight is 354 g/mol. The second kappa shape index (κ2) is 10.8. The second-order valence-corrected chi connectivity index (χ2v) is 5.65. The molecule has 0 radical (unpaired) electrons. The Hall–Kier alpha value is -1.85. The van der Waals surface area contributed by atoms with Gasteiger partial charge in [0.25, 0.3) is 0 Å². The van der Waals surface area contributed by atoms with Gasteiger partial charge in [0.1, 0.15) is 0 Å². The maximum atomic E-state index is 12.5. The largest absolute Gasteiger partial charge is 0.466 e. The van der Waals surface area contributed by atoms with Crippen molar-refractivity contribution in [3.63, 3.8) is 0 Å². The standard InChI is InChI=1S/C18H24ClNO4/c1-3-16(13-21)20(12-11-18(23)24-4-2)17(22)10-7-14-5-8-15(19)9-6-14/h5-10,16,21H,3-4,11-13H2,1-2H3/b10-7+. The van der Waals surface area contributed by atoms with Gasteiger partial charge in [-0.15, -0.1) is 0 Å². The van der Waals surface area contributed by atoms with Crippen LogP contribution in [0.2, 0.25) is 5.02 Å². The fourth-order valence-electron chi connectivity index (χ4n) is 2.20. The van der Waals surface area contributed by atoms with Crippen molar-refractivity contribution in [2.24, 2.45) is 0 Å². The molecule has 0 saturated heterocycles. The highest BCUT2D eigenvalue weighted by molar-refractivity contribution is 6.30. The van der Waals surface area contributed by atoms with E-state index in [2.05, 4.69) is 0 Å². The van der Waals surface area contributed by atoms with E-state index in [9.17, 15) is 14.7 Å². The Kier molecular flexibility index (Phi) is 9.12. The first-order chi connectivity index (χ1) is 11.5. The van der Waals surface area contributed by atoms with Crippen molar-refractivity contribution < 1.29 is 19.4 Å². The summed E-state index contributed by atoms with van der Waals surface area (Å²) in [4.78, 5) is 25.5. The van der Waals surface area contributed by atoms with Crippen LogP contribution in [0.25, 0.3) is 6.08 Å². The molecule has 0 aliphatic rings. The number of amides is 1. The number of carbonyl (C=O) groups excluding carboxylic acids is 2. The van der Waals surface area contributed by atoms with Gasteiger partial charge in [-0.25, -0.2) is 0 Å². The maximum absolute atomic E-state index is 12.5. The highest BCUT2D eigenvalue weighted by Crippen LogP contribution is 2.12. The first kappa shape index (κ1) is 20.2. The molecule has 1 rings (SSSR count). The van der Waals surface area contributed by atoms with E-state index in [0.29, 0.717) is 18.1 Å². The van der Waals surface area contributed by atoms with Gasteiger partial charge >= 0.3 is 5.97 Å². The summed E-state index contributed by atoms with van der Waals surface area (Å²) in [6, 6.07) is 6.76. The molecule has 5 nitrogen and oxygen atoms in total. The Morgan fingerprint density at radius 3 is 2.50 bits per heavy atom. The topological polar surface area (TPSA) is 66.8 Å². The molecule has 0 bridgehead atoms. The highest BCUT2D eigenvalue weighted by atomic mass is 35.5. The summed E-state index contributed by atoms with van der Waals surface area (Å²) in [5, 5.41) is 10.1. The Balaban J connectivity index is 2.78. The molecule has 1 amide bonds. The Morgan fingerprint density at radius 2 is 1.96 bits per heavy atom. The van der Waals surface area contributed by atoms with Gasteiger partial charge in [-0.1, -0.05) is 30.7 Å². The Morgan fingerprint density at radius 1 is 1.29 bits per heavy atom. The van der Waals surface area contributed by atoms with E-state index in [1.807, 2.05) is 6.92 Å². The highest BCUT2D eigenvalue weighted by Gasteiger charge is 2.21. The first-order valence-electron chi connectivity index (χ1n) is 8.02. The van der Waals surface area contributed by atoms with E-state index in [1.165, 1.54) is 11.0 Å². The van der Waals surface area contributed by atoms with Crippen LogP contribution in [0.5, 0.6) is 0 Å². The molecule has 0 saturated carbocycles. The smallest absolute Gasteiger partial charge is 0.307 e. The molecule has 0 aromatic heterocycles. The quantitative estimate of drug-likeness (QED) is 0.547. The lowest BCUT2D eigenvalue weighted by molar-refractivity contribution is -0.144. The first-order valence-corrected chi connectivity index (χ1v) is 8.40. The summed E-state index contributed by atoms with van der Waals surface area (Å²) in [5.41, 5.74) is 0.843. The summed E-state index contributed by atoms with van der Waals surface area (Å²) in [5.74, 6) is -0.611. The van der Waals surface area contributed by atoms with Crippen molar-refractivity contribution in [1.29, 1.82) is 0 Å². The average Bonchev–Trinajstić information content (AvgIpc) is 2.58. The normalized spacial score (nSPS) is 12.2. The molecule has 1 aromatic carbocycles. The molecule has 132 valence electrons. The minimum absolute atomic E-state index is 0.102. The van der Waals surface area contributed by atoms with Gasteiger partial charge in [0, 0.05) is 17.6 Å². The Bertz CT molecular complexity index is 553. The fourth-order valence-corrected chi connectivity index (χ4v) is 2.33. The minimum Gasteiger partial charge on any atom is -0.466 e. The van der Waals surface area contributed by atoms with Gasteiger partial charge < -0.3 is 14.7 Å². The number of carbonyl (C=O) groups is 2.